The van der Waals surface area contributed by atoms with Gasteiger partial charge < -0.3 is 15.5 Å². The summed E-state index contributed by atoms with van der Waals surface area (Å²) in [6.45, 7) is 2.66. The monoisotopic (exact) mass is 362 g/mol. The van der Waals surface area contributed by atoms with Gasteiger partial charge in [-0.25, -0.2) is 0 Å². The van der Waals surface area contributed by atoms with Gasteiger partial charge in [0.1, 0.15) is 10.9 Å². The van der Waals surface area contributed by atoms with E-state index in [2.05, 4.69) is 4.40 Å². The summed E-state index contributed by atoms with van der Waals surface area (Å²) < 4.78 is 28.6. The van der Waals surface area contributed by atoms with Crippen LogP contribution >= 0.6 is 0 Å². The molecule has 2 N–H and O–H groups in total. The highest BCUT2D eigenvalue weighted by atomic mass is 32.2. The Kier molecular flexibility index (Phi) is 4.04. The van der Waals surface area contributed by atoms with Crippen molar-refractivity contribution >= 4 is 21.8 Å². The van der Waals surface area contributed by atoms with Gasteiger partial charge in [0.2, 0.25) is 5.91 Å². The number of likely N-dealkylation sites (tertiary alicyclic amines) is 2. The first kappa shape index (κ1) is 16.5. The van der Waals surface area contributed by atoms with Crippen LogP contribution in [-0.2, 0) is 14.8 Å². The van der Waals surface area contributed by atoms with E-state index in [0.29, 0.717) is 37.0 Å². The van der Waals surface area contributed by atoms with E-state index >= 15 is 0 Å². The Bertz CT molecular complexity index is 836. The van der Waals surface area contributed by atoms with Crippen LogP contribution in [0.2, 0.25) is 0 Å². The van der Waals surface area contributed by atoms with Crippen molar-refractivity contribution in [1.29, 1.82) is 0 Å². The van der Waals surface area contributed by atoms with Gasteiger partial charge in [0.05, 0.1) is 0 Å². The molecule has 1 aromatic carbocycles. The van der Waals surface area contributed by atoms with Crippen molar-refractivity contribution in [1.82, 2.24) is 9.80 Å². The summed E-state index contributed by atoms with van der Waals surface area (Å²) in [4.78, 5) is 17.0. The Labute approximate surface area is 147 Å². The fourth-order valence-corrected chi connectivity index (χ4v) is 5.23. The number of nitrogens with zero attached hydrogens (tertiary/aromatic N) is 3. The second kappa shape index (κ2) is 6.10. The number of fused-ring (bicyclic) bond motifs is 1. The molecule has 0 spiro atoms. The molecule has 1 amide bonds. The minimum Gasteiger partial charge on any atom is -0.343 e. The van der Waals surface area contributed by atoms with Crippen LogP contribution in [-0.4, -0.2) is 62.2 Å². The van der Waals surface area contributed by atoms with Crippen LogP contribution in [0.5, 0.6) is 0 Å². The first-order valence-corrected chi connectivity index (χ1v) is 10.1. The smallest absolute Gasteiger partial charge is 0.285 e. The minimum atomic E-state index is -3.67. The lowest BCUT2D eigenvalue weighted by Crippen LogP contribution is -2.47. The molecule has 3 aliphatic rings. The molecular weight excluding hydrogens is 340 g/mol. The number of sulfonamides is 1. The van der Waals surface area contributed by atoms with Gasteiger partial charge in [-0.15, -0.1) is 4.40 Å². The number of benzene rings is 1. The topological polar surface area (TPSA) is 96.1 Å². The molecule has 0 saturated carbocycles. The Morgan fingerprint density at radius 1 is 1.24 bits per heavy atom. The number of amidine groups is 1. The molecule has 2 fully saturated rings. The molecule has 3 heterocycles. The van der Waals surface area contributed by atoms with Crippen LogP contribution in [0.4, 0.5) is 0 Å². The van der Waals surface area contributed by atoms with Crippen LogP contribution in [0.1, 0.15) is 24.8 Å². The zero-order valence-electron chi connectivity index (χ0n) is 14.0. The molecule has 25 heavy (non-hydrogen) atoms. The van der Waals surface area contributed by atoms with Crippen molar-refractivity contribution < 1.29 is 13.2 Å². The molecule has 1 aromatic rings. The molecule has 2 unspecified atom stereocenters. The quantitative estimate of drug-likeness (QED) is 0.822. The largest absolute Gasteiger partial charge is 0.343 e. The van der Waals surface area contributed by atoms with Crippen LogP contribution < -0.4 is 5.73 Å². The highest BCUT2D eigenvalue weighted by Crippen LogP contribution is 2.32. The first-order valence-electron chi connectivity index (χ1n) is 8.71. The number of amides is 1. The molecular formula is C17H22N4O3S. The van der Waals surface area contributed by atoms with Gasteiger partial charge in [-0.1, -0.05) is 12.1 Å². The van der Waals surface area contributed by atoms with Crippen molar-refractivity contribution in [3.63, 3.8) is 0 Å². The maximum absolute atomic E-state index is 13.0. The van der Waals surface area contributed by atoms with Crippen LogP contribution in [0.3, 0.4) is 0 Å². The Hall–Kier alpha value is -1.93. The van der Waals surface area contributed by atoms with Gasteiger partial charge in [-0.3, -0.25) is 4.79 Å². The van der Waals surface area contributed by atoms with Crippen molar-refractivity contribution in [2.24, 2.45) is 16.0 Å². The second-order valence-corrected chi connectivity index (χ2v) is 8.48. The van der Waals surface area contributed by atoms with E-state index < -0.39 is 10.0 Å². The molecule has 4 rings (SSSR count). The van der Waals surface area contributed by atoms with Crippen molar-refractivity contribution in [3.05, 3.63) is 29.8 Å². The lowest BCUT2D eigenvalue weighted by Gasteiger charge is -2.29. The summed E-state index contributed by atoms with van der Waals surface area (Å²) in [6, 6.07) is 6.49. The molecule has 0 bridgehead atoms. The Morgan fingerprint density at radius 2 is 2.04 bits per heavy atom. The molecule has 3 aliphatic heterocycles. The van der Waals surface area contributed by atoms with Crippen LogP contribution in [0.25, 0.3) is 0 Å². The molecule has 0 aromatic heterocycles. The molecule has 2 saturated heterocycles. The van der Waals surface area contributed by atoms with Gasteiger partial charge in [0.15, 0.2) is 5.84 Å². The third-order valence-electron chi connectivity index (χ3n) is 5.35. The Morgan fingerprint density at radius 3 is 2.80 bits per heavy atom. The lowest BCUT2D eigenvalue weighted by atomic mass is 10.1. The average molecular weight is 362 g/mol. The SMILES string of the molecule is NCC1CCN(C(=O)C2CCCN2C2=NS(=O)(=O)c3ccccc32)C1. The molecule has 7 nitrogen and oxygen atoms in total. The predicted octanol–water partition coefficient (Wildman–Crippen LogP) is 0.407. The average Bonchev–Trinajstić information content (AvgIpc) is 3.32. The van der Waals surface area contributed by atoms with Crippen molar-refractivity contribution in [2.75, 3.05) is 26.2 Å². The van der Waals surface area contributed by atoms with Crippen LogP contribution in [0, 0.1) is 5.92 Å². The third kappa shape index (κ3) is 2.73. The summed E-state index contributed by atoms with van der Waals surface area (Å²) in [5, 5.41) is 0. The number of carbonyl (C=O) groups is 1. The van der Waals surface area contributed by atoms with Crippen molar-refractivity contribution in [3.8, 4) is 0 Å². The summed E-state index contributed by atoms with van der Waals surface area (Å²) in [5.41, 5.74) is 6.33. The van der Waals surface area contributed by atoms with Crippen molar-refractivity contribution in [2.45, 2.75) is 30.2 Å². The number of hydrogen-bond acceptors (Lipinski definition) is 5. The number of rotatable bonds is 2. The predicted molar refractivity (Wildman–Crippen MR) is 93.6 cm³/mol. The fraction of sp³-hybridized carbons (Fsp3) is 0.529. The van der Waals surface area contributed by atoms with E-state index in [9.17, 15) is 13.2 Å². The summed E-state index contributed by atoms with van der Waals surface area (Å²) in [6.07, 6.45) is 2.52. The van der Waals surface area contributed by atoms with Gasteiger partial charge in [-0.05, 0) is 43.9 Å². The molecule has 2 atom stereocenters. The fourth-order valence-electron chi connectivity index (χ4n) is 4.01. The first-order chi connectivity index (χ1) is 12.0. The Balaban J connectivity index is 1.62. The molecule has 0 radical (unpaired) electrons. The van der Waals surface area contributed by atoms with Gasteiger partial charge >= 0.3 is 0 Å². The molecule has 134 valence electrons. The second-order valence-electron chi connectivity index (χ2n) is 6.91. The third-order valence-corrected chi connectivity index (χ3v) is 6.68. The number of hydrogen-bond donors (Lipinski definition) is 1. The summed E-state index contributed by atoms with van der Waals surface area (Å²) >= 11 is 0. The lowest BCUT2D eigenvalue weighted by molar-refractivity contribution is -0.133. The standard InChI is InChI=1S/C17H22N4O3S/c18-10-12-7-9-20(11-12)17(22)14-5-3-8-21(14)16-13-4-1-2-6-15(13)25(23,24)19-16/h1-2,4,6,12,14H,3,5,7-11,18H2. The van der Waals surface area contributed by atoms with E-state index in [-0.39, 0.29) is 16.8 Å². The zero-order chi connectivity index (χ0) is 17.6. The maximum atomic E-state index is 13.0. The van der Waals surface area contributed by atoms with Gasteiger partial charge in [0, 0.05) is 25.2 Å². The molecule has 0 aliphatic carbocycles. The number of carbonyl (C=O) groups excluding carboxylic acids is 1. The van der Waals surface area contributed by atoms with E-state index in [1.54, 1.807) is 24.3 Å². The minimum absolute atomic E-state index is 0.0675. The van der Waals surface area contributed by atoms with E-state index in [0.717, 1.165) is 25.8 Å². The van der Waals surface area contributed by atoms with Gasteiger partial charge in [-0.2, -0.15) is 8.42 Å². The summed E-state index contributed by atoms with van der Waals surface area (Å²) in [5.74, 6) is 0.850. The number of nitrogens with two attached hydrogens (primary N) is 1. The van der Waals surface area contributed by atoms with E-state index in [1.807, 2.05) is 9.80 Å². The van der Waals surface area contributed by atoms with E-state index in [1.165, 1.54) is 0 Å². The van der Waals surface area contributed by atoms with Gasteiger partial charge in [0.25, 0.3) is 10.0 Å². The highest BCUT2D eigenvalue weighted by molar-refractivity contribution is 7.90. The zero-order valence-corrected chi connectivity index (χ0v) is 14.8. The van der Waals surface area contributed by atoms with Crippen LogP contribution in [0.15, 0.2) is 33.6 Å². The maximum Gasteiger partial charge on any atom is 0.285 e. The summed E-state index contributed by atoms with van der Waals surface area (Å²) in [7, 11) is -3.67. The molecule has 8 heteroatoms. The van der Waals surface area contributed by atoms with E-state index in [4.69, 9.17) is 5.73 Å². The highest BCUT2D eigenvalue weighted by Gasteiger charge is 2.41. The normalized spacial score (nSPS) is 27.5.